The van der Waals surface area contributed by atoms with Crippen molar-refractivity contribution in [1.29, 1.82) is 0 Å². The molecule has 2 atom stereocenters. The van der Waals surface area contributed by atoms with Gasteiger partial charge in [0.15, 0.2) is 0 Å². The van der Waals surface area contributed by atoms with Gasteiger partial charge in [-0.15, -0.1) is 0 Å². The quantitative estimate of drug-likeness (QED) is 0.703. The molecule has 1 aliphatic rings. The van der Waals surface area contributed by atoms with Crippen LogP contribution in [-0.2, 0) is 4.79 Å². The van der Waals surface area contributed by atoms with E-state index in [1.165, 1.54) is 0 Å². The molecule has 3 heteroatoms. The summed E-state index contributed by atoms with van der Waals surface area (Å²) in [5.41, 5.74) is 0.918. The van der Waals surface area contributed by atoms with Crippen molar-refractivity contribution in [3.63, 3.8) is 0 Å². The lowest BCUT2D eigenvalue weighted by Crippen LogP contribution is -2.10. The van der Waals surface area contributed by atoms with Gasteiger partial charge in [0.1, 0.15) is 11.5 Å². The first-order valence-electron chi connectivity index (χ1n) is 4.65. The number of phenolic OH excluding ortho intramolecular Hbond substituents is 1. The van der Waals surface area contributed by atoms with Crippen LogP contribution in [0.25, 0.3) is 0 Å². The van der Waals surface area contributed by atoms with Crippen LogP contribution in [0.5, 0.6) is 5.75 Å². The minimum absolute atomic E-state index is 0.0944. The van der Waals surface area contributed by atoms with E-state index in [4.69, 9.17) is 5.11 Å². The van der Waals surface area contributed by atoms with Crippen LogP contribution in [0.4, 0.5) is 0 Å². The maximum absolute atomic E-state index is 11.1. The van der Waals surface area contributed by atoms with Gasteiger partial charge in [0.05, 0.1) is 6.10 Å². The van der Waals surface area contributed by atoms with Gasteiger partial charge in [0, 0.05) is 18.8 Å². The second-order valence-electron chi connectivity index (χ2n) is 3.71. The number of phenols is 1. The molecular formula is C11H12O3. The van der Waals surface area contributed by atoms with Crippen LogP contribution in [0.15, 0.2) is 24.3 Å². The third kappa shape index (κ3) is 1.63. The van der Waals surface area contributed by atoms with Gasteiger partial charge in [-0.05, 0) is 17.7 Å². The number of Topliss-reactive ketones (excluding diaryl/α,β-unsaturated/α-hetero) is 1. The molecule has 0 aliphatic heterocycles. The average Bonchev–Trinajstić information content (AvgIpc) is 2.47. The number of rotatable bonds is 1. The Balaban J connectivity index is 2.23. The fourth-order valence-electron chi connectivity index (χ4n) is 1.90. The van der Waals surface area contributed by atoms with Crippen LogP contribution in [0.1, 0.15) is 24.3 Å². The molecule has 0 radical (unpaired) electrons. The fourth-order valence-corrected chi connectivity index (χ4v) is 1.90. The van der Waals surface area contributed by atoms with Crippen LogP contribution < -0.4 is 0 Å². The maximum atomic E-state index is 11.1. The Kier molecular flexibility index (Phi) is 2.25. The molecule has 3 nitrogen and oxygen atoms in total. The lowest BCUT2D eigenvalue weighted by atomic mass is 9.96. The smallest absolute Gasteiger partial charge is 0.136 e. The van der Waals surface area contributed by atoms with Gasteiger partial charge < -0.3 is 10.2 Å². The summed E-state index contributed by atoms with van der Waals surface area (Å²) in [5, 5.41) is 18.7. The molecule has 0 saturated heterocycles. The molecule has 1 aliphatic carbocycles. The van der Waals surface area contributed by atoms with Crippen molar-refractivity contribution in [3.05, 3.63) is 29.8 Å². The molecule has 2 rings (SSSR count). The maximum Gasteiger partial charge on any atom is 0.136 e. The molecule has 74 valence electrons. The number of carbonyl (C=O) groups excluding carboxylic acids is 1. The third-order valence-corrected chi connectivity index (χ3v) is 2.67. The largest absolute Gasteiger partial charge is 0.508 e. The first-order valence-corrected chi connectivity index (χ1v) is 4.65. The van der Waals surface area contributed by atoms with E-state index in [0.717, 1.165) is 5.56 Å². The first kappa shape index (κ1) is 9.21. The van der Waals surface area contributed by atoms with Crippen molar-refractivity contribution >= 4 is 5.78 Å². The second kappa shape index (κ2) is 3.42. The molecule has 0 spiro atoms. The van der Waals surface area contributed by atoms with Crippen LogP contribution in [0.2, 0.25) is 0 Å². The van der Waals surface area contributed by atoms with Gasteiger partial charge in [-0.25, -0.2) is 0 Å². The summed E-state index contributed by atoms with van der Waals surface area (Å²) in [4.78, 5) is 11.1. The number of hydrogen-bond acceptors (Lipinski definition) is 3. The molecule has 1 fully saturated rings. The summed E-state index contributed by atoms with van der Waals surface area (Å²) in [6.07, 6.45) is 0.101. The van der Waals surface area contributed by atoms with Gasteiger partial charge >= 0.3 is 0 Å². The highest BCUT2D eigenvalue weighted by atomic mass is 16.3. The Bertz CT molecular complexity index is 342. The summed E-state index contributed by atoms with van der Waals surface area (Å²) in [5.74, 6) is 0.214. The predicted octanol–water partition coefficient (Wildman–Crippen LogP) is 1.20. The van der Waals surface area contributed by atoms with Gasteiger partial charge in [-0.3, -0.25) is 4.79 Å². The lowest BCUT2D eigenvalue weighted by molar-refractivity contribution is -0.117. The highest BCUT2D eigenvalue weighted by Gasteiger charge is 2.32. The summed E-state index contributed by atoms with van der Waals surface area (Å²) >= 11 is 0. The SMILES string of the molecule is O=C1C[C@@H](O)[C@H](c2ccc(O)cc2)C1. The molecule has 1 saturated carbocycles. The minimum atomic E-state index is -0.563. The molecule has 1 aromatic rings. The zero-order valence-corrected chi connectivity index (χ0v) is 7.68. The van der Waals surface area contributed by atoms with Crippen molar-refractivity contribution in [2.24, 2.45) is 0 Å². The standard InChI is InChI=1S/C11H12O3/c12-8-3-1-7(2-4-8)10-5-9(13)6-11(10)14/h1-4,10-12,14H,5-6H2/t10-,11+/m0/s1. The van der Waals surface area contributed by atoms with Crippen LogP contribution in [0.3, 0.4) is 0 Å². The molecule has 14 heavy (non-hydrogen) atoms. The highest BCUT2D eigenvalue weighted by Crippen LogP contribution is 2.32. The summed E-state index contributed by atoms with van der Waals surface area (Å²) in [6.45, 7) is 0. The van der Waals surface area contributed by atoms with Crippen molar-refractivity contribution in [2.75, 3.05) is 0 Å². The number of benzene rings is 1. The first-order chi connectivity index (χ1) is 6.66. The van der Waals surface area contributed by atoms with Gasteiger partial charge in [0.2, 0.25) is 0 Å². The summed E-state index contributed by atoms with van der Waals surface area (Å²) in [7, 11) is 0. The van der Waals surface area contributed by atoms with E-state index < -0.39 is 6.10 Å². The van der Waals surface area contributed by atoms with Crippen LogP contribution >= 0.6 is 0 Å². The van der Waals surface area contributed by atoms with Gasteiger partial charge in [-0.1, -0.05) is 12.1 Å². The Morgan fingerprint density at radius 2 is 1.79 bits per heavy atom. The van der Waals surface area contributed by atoms with E-state index in [0.29, 0.717) is 6.42 Å². The number of aliphatic hydroxyl groups is 1. The molecule has 0 unspecified atom stereocenters. The number of aromatic hydroxyl groups is 1. The van der Waals surface area contributed by atoms with Crippen LogP contribution in [0, 0.1) is 0 Å². The van der Waals surface area contributed by atoms with E-state index in [1.807, 2.05) is 0 Å². The van der Waals surface area contributed by atoms with Crippen LogP contribution in [-0.4, -0.2) is 22.1 Å². The molecule has 2 N–H and O–H groups in total. The normalized spacial score (nSPS) is 26.8. The third-order valence-electron chi connectivity index (χ3n) is 2.67. The monoisotopic (exact) mass is 192 g/mol. The van der Waals surface area contributed by atoms with Gasteiger partial charge in [-0.2, -0.15) is 0 Å². The van der Waals surface area contributed by atoms with E-state index in [-0.39, 0.29) is 23.9 Å². The highest BCUT2D eigenvalue weighted by molar-refractivity contribution is 5.82. The number of aliphatic hydroxyl groups excluding tert-OH is 1. The van der Waals surface area contributed by atoms with Crippen molar-refractivity contribution in [1.82, 2.24) is 0 Å². The van der Waals surface area contributed by atoms with E-state index in [1.54, 1.807) is 24.3 Å². The molecule has 0 amide bonds. The Morgan fingerprint density at radius 1 is 1.14 bits per heavy atom. The lowest BCUT2D eigenvalue weighted by Gasteiger charge is -2.13. The van der Waals surface area contributed by atoms with Crippen molar-refractivity contribution in [3.8, 4) is 5.75 Å². The molecule has 1 aromatic carbocycles. The zero-order valence-electron chi connectivity index (χ0n) is 7.68. The number of ketones is 1. The Labute approximate surface area is 82.0 Å². The summed E-state index contributed by atoms with van der Waals surface area (Å²) in [6, 6.07) is 6.65. The Morgan fingerprint density at radius 3 is 2.29 bits per heavy atom. The van der Waals surface area contributed by atoms with Crippen molar-refractivity contribution in [2.45, 2.75) is 24.9 Å². The average molecular weight is 192 g/mol. The van der Waals surface area contributed by atoms with E-state index in [9.17, 15) is 9.90 Å². The molecule has 0 bridgehead atoms. The number of hydrogen-bond donors (Lipinski definition) is 2. The minimum Gasteiger partial charge on any atom is -0.508 e. The topological polar surface area (TPSA) is 57.5 Å². The fraction of sp³-hybridized carbons (Fsp3) is 0.364. The van der Waals surface area contributed by atoms with Crippen molar-refractivity contribution < 1.29 is 15.0 Å². The van der Waals surface area contributed by atoms with Gasteiger partial charge in [0.25, 0.3) is 0 Å². The van der Waals surface area contributed by atoms with E-state index in [2.05, 4.69) is 0 Å². The second-order valence-corrected chi connectivity index (χ2v) is 3.71. The summed E-state index contributed by atoms with van der Waals surface area (Å²) < 4.78 is 0. The predicted molar refractivity (Wildman–Crippen MR) is 51.1 cm³/mol. The Hall–Kier alpha value is -1.35. The molecule has 0 heterocycles. The molecule has 0 aromatic heterocycles. The zero-order chi connectivity index (χ0) is 10.1. The molecular weight excluding hydrogens is 180 g/mol. The number of carbonyl (C=O) groups is 1. The van der Waals surface area contributed by atoms with E-state index >= 15 is 0 Å².